The van der Waals surface area contributed by atoms with Crippen LogP contribution in [0.3, 0.4) is 0 Å². The Morgan fingerprint density at radius 2 is 2.15 bits per heavy atom. The van der Waals surface area contributed by atoms with Gasteiger partial charge in [0.25, 0.3) is 0 Å². The molecule has 5 heteroatoms. The summed E-state index contributed by atoms with van der Waals surface area (Å²) in [5.41, 5.74) is 0.337. The van der Waals surface area contributed by atoms with Crippen molar-refractivity contribution in [2.24, 2.45) is 0 Å². The van der Waals surface area contributed by atoms with E-state index in [9.17, 15) is 13.6 Å². The van der Waals surface area contributed by atoms with Gasteiger partial charge in [-0.05, 0) is 36.2 Å². The standard InChI is InChI=1S/C8H7ClO3S/c1-5(10)6-2-3-7(9)8(4-6)13(11)12/h2-4H,1H3,(H,11,12)/p-1. The van der Waals surface area contributed by atoms with Crippen molar-refractivity contribution in [2.75, 3.05) is 0 Å². The Hall–Kier alpha value is -0.710. The number of ketones is 1. The van der Waals surface area contributed by atoms with Crippen molar-refractivity contribution >= 4 is 28.5 Å². The molecule has 1 atom stereocenters. The van der Waals surface area contributed by atoms with Crippen LogP contribution in [-0.4, -0.2) is 14.5 Å². The van der Waals surface area contributed by atoms with Gasteiger partial charge in [0.1, 0.15) is 0 Å². The van der Waals surface area contributed by atoms with Crippen LogP contribution in [-0.2, 0) is 11.1 Å². The fourth-order valence-electron chi connectivity index (χ4n) is 0.850. The number of Topliss-reactive ketones (excluding diaryl/α,β-unsaturated/α-hetero) is 1. The molecule has 0 fully saturated rings. The first-order valence-electron chi connectivity index (χ1n) is 3.42. The molecule has 1 unspecified atom stereocenters. The van der Waals surface area contributed by atoms with Gasteiger partial charge in [0.2, 0.25) is 0 Å². The molecule has 0 aliphatic carbocycles. The Morgan fingerprint density at radius 3 is 2.62 bits per heavy atom. The minimum Gasteiger partial charge on any atom is -0.768 e. The van der Waals surface area contributed by atoms with Crippen molar-refractivity contribution in [3.63, 3.8) is 0 Å². The summed E-state index contributed by atoms with van der Waals surface area (Å²) in [6, 6.07) is 4.14. The van der Waals surface area contributed by atoms with Crippen molar-refractivity contribution in [2.45, 2.75) is 11.8 Å². The summed E-state index contributed by atoms with van der Waals surface area (Å²) in [4.78, 5) is 10.8. The molecule has 0 radical (unpaired) electrons. The van der Waals surface area contributed by atoms with Crippen LogP contribution >= 0.6 is 11.6 Å². The normalized spacial score (nSPS) is 12.5. The van der Waals surface area contributed by atoms with Crippen molar-refractivity contribution in [3.05, 3.63) is 28.8 Å². The van der Waals surface area contributed by atoms with Gasteiger partial charge in [0, 0.05) is 10.5 Å². The van der Waals surface area contributed by atoms with Crippen molar-refractivity contribution in [1.29, 1.82) is 0 Å². The first-order valence-corrected chi connectivity index (χ1v) is 4.87. The third kappa shape index (κ3) is 2.37. The quantitative estimate of drug-likeness (QED) is 0.561. The zero-order valence-corrected chi connectivity index (χ0v) is 8.32. The summed E-state index contributed by atoms with van der Waals surface area (Å²) in [5, 5.41) is 0.123. The molecule has 3 nitrogen and oxygen atoms in total. The van der Waals surface area contributed by atoms with Gasteiger partial charge < -0.3 is 4.55 Å². The van der Waals surface area contributed by atoms with E-state index in [1.807, 2.05) is 0 Å². The van der Waals surface area contributed by atoms with Gasteiger partial charge in [0.05, 0.1) is 5.02 Å². The topological polar surface area (TPSA) is 57.2 Å². The van der Waals surface area contributed by atoms with Crippen molar-refractivity contribution in [1.82, 2.24) is 0 Å². The Morgan fingerprint density at radius 1 is 1.54 bits per heavy atom. The molecule has 13 heavy (non-hydrogen) atoms. The fourth-order valence-corrected chi connectivity index (χ4v) is 1.61. The molecular weight excluding hydrogens is 212 g/mol. The third-order valence-electron chi connectivity index (χ3n) is 1.52. The molecule has 0 aliphatic heterocycles. The van der Waals surface area contributed by atoms with E-state index >= 15 is 0 Å². The number of benzene rings is 1. The highest BCUT2D eigenvalue weighted by Gasteiger charge is 2.05. The summed E-state index contributed by atoms with van der Waals surface area (Å²) in [6.07, 6.45) is 0. The molecule has 0 amide bonds. The maximum atomic E-state index is 10.9. The van der Waals surface area contributed by atoms with Gasteiger partial charge >= 0.3 is 0 Å². The molecule has 1 rings (SSSR count). The van der Waals surface area contributed by atoms with Crippen LogP contribution < -0.4 is 0 Å². The highest BCUT2D eigenvalue weighted by atomic mass is 35.5. The molecule has 0 spiro atoms. The van der Waals surface area contributed by atoms with Gasteiger partial charge in [-0.1, -0.05) is 11.6 Å². The zero-order chi connectivity index (χ0) is 10.0. The number of hydrogen-bond donors (Lipinski definition) is 0. The van der Waals surface area contributed by atoms with Crippen LogP contribution in [0.1, 0.15) is 17.3 Å². The molecule has 0 aliphatic rings. The van der Waals surface area contributed by atoms with Gasteiger partial charge in [-0.15, -0.1) is 0 Å². The molecule has 0 saturated heterocycles. The summed E-state index contributed by atoms with van der Waals surface area (Å²) in [7, 11) is 0. The second-order valence-electron chi connectivity index (χ2n) is 2.44. The molecule has 70 valence electrons. The third-order valence-corrected chi connectivity index (χ3v) is 2.66. The second-order valence-corrected chi connectivity index (χ2v) is 3.75. The van der Waals surface area contributed by atoms with E-state index in [-0.39, 0.29) is 15.7 Å². The van der Waals surface area contributed by atoms with Gasteiger partial charge in [-0.3, -0.25) is 9.00 Å². The lowest BCUT2D eigenvalue weighted by molar-refractivity contribution is 0.101. The lowest BCUT2D eigenvalue weighted by atomic mass is 10.1. The van der Waals surface area contributed by atoms with Gasteiger partial charge in [-0.2, -0.15) is 0 Å². The Labute approximate surface area is 83.0 Å². The largest absolute Gasteiger partial charge is 0.768 e. The van der Waals surface area contributed by atoms with Crippen LogP contribution in [0, 0.1) is 0 Å². The zero-order valence-electron chi connectivity index (χ0n) is 6.74. The van der Waals surface area contributed by atoms with Crippen LogP contribution in [0.5, 0.6) is 0 Å². The first kappa shape index (κ1) is 10.4. The number of carbonyl (C=O) groups is 1. The molecule has 0 saturated carbocycles. The molecule has 0 heterocycles. The average molecular weight is 218 g/mol. The van der Waals surface area contributed by atoms with Gasteiger partial charge in [0.15, 0.2) is 5.78 Å². The summed E-state index contributed by atoms with van der Waals surface area (Å²) < 4.78 is 21.2. The van der Waals surface area contributed by atoms with E-state index in [0.717, 1.165) is 0 Å². The molecule has 1 aromatic carbocycles. The lowest BCUT2D eigenvalue weighted by Gasteiger charge is -2.08. The minimum atomic E-state index is -2.40. The first-order chi connectivity index (χ1) is 6.02. The van der Waals surface area contributed by atoms with Crippen LogP contribution in [0.4, 0.5) is 0 Å². The average Bonchev–Trinajstić information content (AvgIpc) is 2.04. The predicted molar refractivity (Wildman–Crippen MR) is 48.6 cm³/mol. The SMILES string of the molecule is CC(=O)c1ccc(Cl)c(S(=O)[O-])c1. The van der Waals surface area contributed by atoms with Gasteiger partial charge in [-0.25, -0.2) is 0 Å². The molecule has 0 aromatic heterocycles. The van der Waals surface area contributed by atoms with Crippen LogP contribution in [0.25, 0.3) is 0 Å². The van der Waals surface area contributed by atoms with E-state index in [2.05, 4.69) is 0 Å². The summed E-state index contributed by atoms with van der Waals surface area (Å²) in [6.45, 7) is 1.36. The number of rotatable bonds is 2. The molecule has 0 bridgehead atoms. The Kier molecular flexibility index (Phi) is 3.19. The van der Waals surface area contributed by atoms with E-state index in [0.29, 0.717) is 5.56 Å². The minimum absolute atomic E-state index is 0.0469. The molecular formula is C8H6ClO3S-. The Bertz CT molecular complexity index is 376. The maximum Gasteiger partial charge on any atom is 0.159 e. The maximum absolute atomic E-state index is 10.9. The van der Waals surface area contributed by atoms with Crippen LogP contribution in [0.15, 0.2) is 23.1 Å². The summed E-state index contributed by atoms with van der Waals surface area (Å²) >= 11 is 3.19. The number of hydrogen-bond acceptors (Lipinski definition) is 3. The number of halogens is 1. The van der Waals surface area contributed by atoms with Crippen molar-refractivity contribution < 1.29 is 13.6 Å². The van der Waals surface area contributed by atoms with Crippen LogP contribution in [0.2, 0.25) is 5.02 Å². The van der Waals surface area contributed by atoms with E-state index in [1.165, 1.54) is 25.1 Å². The van der Waals surface area contributed by atoms with E-state index in [1.54, 1.807) is 0 Å². The fraction of sp³-hybridized carbons (Fsp3) is 0.125. The monoisotopic (exact) mass is 217 g/mol. The van der Waals surface area contributed by atoms with E-state index < -0.39 is 11.1 Å². The number of carbonyl (C=O) groups excluding carboxylic acids is 1. The Balaban J connectivity index is 3.27. The molecule has 0 N–H and O–H groups in total. The lowest BCUT2D eigenvalue weighted by Crippen LogP contribution is -1.96. The van der Waals surface area contributed by atoms with Crippen molar-refractivity contribution in [3.8, 4) is 0 Å². The molecule has 1 aromatic rings. The smallest absolute Gasteiger partial charge is 0.159 e. The van der Waals surface area contributed by atoms with E-state index in [4.69, 9.17) is 11.6 Å². The summed E-state index contributed by atoms with van der Waals surface area (Å²) in [5.74, 6) is -0.191. The highest BCUT2D eigenvalue weighted by Crippen LogP contribution is 2.20. The second kappa shape index (κ2) is 4.00. The predicted octanol–water partition coefficient (Wildman–Crippen LogP) is 1.78. The highest BCUT2D eigenvalue weighted by molar-refractivity contribution is 7.79.